The van der Waals surface area contributed by atoms with Gasteiger partial charge in [0.1, 0.15) is 0 Å². The van der Waals surface area contributed by atoms with Crippen molar-refractivity contribution in [3.05, 3.63) is 52.4 Å². The van der Waals surface area contributed by atoms with Crippen LogP contribution in [0, 0.1) is 0 Å². The van der Waals surface area contributed by atoms with Crippen LogP contribution in [0.15, 0.2) is 45.5 Å². The minimum absolute atomic E-state index is 0.174. The molecule has 1 aromatic heterocycles. The second-order valence-electron chi connectivity index (χ2n) is 4.71. The van der Waals surface area contributed by atoms with Crippen LogP contribution < -0.4 is 10.6 Å². The molecule has 1 heterocycles. The van der Waals surface area contributed by atoms with Crippen LogP contribution >= 0.6 is 15.9 Å². The van der Waals surface area contributed by atoms with Crippen LogP contribution in [0.25, 0.3) is 0 Å². The molecule has 0 atom stereocenters. The van der Waals surface area contributed by atoms with E-state index in [1.54, 1.807) is 36.4 Å². The number of nitrogens with one attached hydrogen (secondary N) is 2. The van der Waals surface area contributed by atoms with E-state index in [-0.39, 0.29) is 11.7 Å². The topological polar surface area (TPSA) is 71.3 Å². The standard InChI is InChI=1S/C16H17BrN2O3/c1-2-3-10-18-15(20)11-6-4-5-7-12(11)19-16(21)13-8-9-14(17)22-13/h4-9H,2-3,10H2,1H3,(H,18,20)(H,19,21). The highest BCUT2D eigenvalue weighted by Crippen LogP contribution is 2.19. The maximum atomic E-state index is 12.2. The van der Waals surface area contributed by atoms with Gasteiger partial charge in [0.15, 0.2) is 10.4 Å². The molecule has 0 radical (unpaired) electrons. The average molecular weight is 365 g/mol. The van der Waals surface area contributed by atoms with Gasteiger partial charge in [-0.05, 0) is 46.6 Å². The molecule has 116 valence electrons. The summed E-state index contributed by atoms with van der Waals surface area (Å²) >= 11 is 3.15. The van der Waals surface area contributed by atoms with E-state index in [9.17, 15) is 9.59 Å². The van der Waals surface area contributed by atoms with Gasteiger partial charge in [-0.25, -0.2) is 0 Å². The Bertz CT molecular complexity index is 667. The van der Waals surface area contributed by atoms with Crippen LogP contribution in [0.1, 0.15) is 40.7 Å². The Morgan fingerprint density at radius 1 is 1.14 bits per heavy atom. The first-order valence-corrected chi connectivity index (χ1v) is 7.85. The molecule has 0 saturated carbocycles. The van der Waals surface area contributed by atoms with E-state index in [0.717, 1.165) is 12.8 Å². The molecule has 2 rings (SSSR count). The molecule has 1 aromatic carbocycles. The van der Waals surface area contributed by atoms with Crippen molar-refractivity contribution in [2.24, 2.45) is 0 Å². The van der Waals surface area contributed by atoms with Gasteiger partial charge in [-0.2, -0.15) is 0 Å². The largest absolute Gasteiger partial charge is 0.444 e. The predicted molar refractivity (Wildman–Crippen MR) is 88.0 cm³/mol. The van der Waals surface area contributed by atoms with Gasteiger partial charge >= 0.3 is 0 Å². The Labute approximate surface area is 137 Å². The summed E-state index contributed by atoms with van der Waals surface area (Å²) < 4.78 is 5.68. The van der Waals surface area contributed by atoms with Gasteiger partial charge in [0.2, 0.25) is 0 Å². The lowest BCUT2D eigenvalue weighted by molar-refractivity contribution is 0.0954. The number of anilines is 1. The lowest BCUT2D eigenvalue weighted by atomic mass is 10.1. The van der Waals surface area contributed by atoms with E-state index in [1.165, 1.54) is 0 Å². The zero-order chi connectivity index (χ0) is 15.9. The molecular formula is C16H17BrN2O3. The molecule has 0 unspecified atom stereocenters. The molecule has 2 aromatic rings. The highest BCUT2D eigenvalue weighted by molar-refractivity contribution is 9.10. The fourth-order valence-corrected chi connectivity index (χ4v) is 2.19. The number of para-hydroxylation sites is 1. The second-order valence-corrected chi connectivity index (χ2v) is 5.49. The van der Waals surface area contributed by atoms with E-state index in [0.29, 0.717) is 22.5 Å². The number of halogens is 1. The van der Waals surface area contributed by atoms with Gasteiger partial charge < -0.3 is 15.1 Å². The van der Waals surface area contributed by atoms with Crippen molar-refractivity contribution in [1.29, 1.82) is 0 Å². The molecule has 0 fully saturated rings. The molecular weight excluding hydrogens is 348 g/mol. The number of hydrogen-bond donors (Lipinski definition) is 2. The Morgan fingerprint density at radius 2 is 1.91 bits per heavy atom. The van der Waals surface area contributed by atoms with Crippen LogP contribution in [-0.4, -0.2) is 18.4 Å². The van der Waals surface area contributed by atoms with E-state index in [1.807, 2.05) is 0 Å². The van der Waals surface area contributed by atoms with Gasteiger partial charge in [0.25, 0.3) is 11.8 Å². The SMILES string of the molecule is CCCCNC(=O)c1ccccc1NC(=O)c1ccc(Br)o1. The van der Waals surface area contributed by atoms with Crippen LogP contribution in [0.5, 0.6) is 0 Å². The minimum atomic E-state index is -0.403. The minimum Gasteiger partial charge on any atom is -0.444 e. The molecule has 2 amide bonds. The van der Waals surface area contributed by atoms with E-state index >= 15 is 0 Å². The van der Waals surface area contributed by atoms with E-state index in [2.05, 4.69) is 33.5 Å². The van der Waals surface area contributed by atoms with Crippen LogP contribution in [0.2, 0.25) is 0 Å². The first-order chi connectivity index (χ1) is 10.6. The Kier molecular flexibility index (Phi) is 5.77. The second kappa shape index (κ2) is 7.79. The fourth-order valence-electron chi connectivity index (χ4n) is 1.88. The molecule has 0 saturated heterocycles. The monoisotopic (exact) mass is 364 g/mol. The average Bonchev–Trinajstić information content (AvgIpc) is 2.94. The summed E-state index contributed by atoms with van der Waals surface area (Å²) in [6.07, 6.45) is 1.92. The lowest BCUT2D eigenvalue weighted by Gasteiger charge is -2.10. The molecule has 2 N–H and O–H groups in total. The molecule has 0 spiro atoms. The zero-order valence-corrected chi connectivity index (χ0v) is 13.8. The van der Waals surface area contributed by atoms with Gasteiger partial charge in [0, 0.05) is 6.54 Å². The first kappa shape index (κ1) is 16.3. The Morgan fingerprint density at radius 3 is 2.59 bits per heavy atom. The molecule has 0 aliphatic rings. The number of carbonyl (C=O) groups excluding carboxylic acids is 2. The number of amides is 2. The smallest absolute Gasteiger partial charge is 0.291 e. The van der Waals surface area contributed by atoms with Crippen LogP contribution in [0.3, 0.4) is 0 Å². The number of carbonyl (C=O) groups is 2. The predicted octanol–water partition coefficient (Wildman–Crippen LogP) is 3.82. The Hall–Kier alpha value is -2.08. The molecule has 5 nitrogen and oxygen atoms in total. The number of rotatable bonds is 6. The summed E-state index contributed by atoms with van der Waals surface area (Å²) in [7, 11) is 0. The third-order valence-corrected chi connectivity index (χ3v) is 3.46. The molecule has 0 aliphatic carbocycles. The fraction of sp³-hybridized carbons (Fsp3) is 0.250. The molecule has 6 heteroatoms. The number of hydrogen-bond acceptors (Lipinski definition) is 3. The quantitative estimate of drug-likeness (QED) is 0.765. The van der Waals surface area contributed by atoms with Gasteiger partial charge in [-0.3, -0.25) is 9.59 Å². The maximum absolute atomic E-state index is 12.2. The third kappa shape index (κ3) is 4.21. The van der Waals surface area contributed by atoms with Crippen LogP contribution in [-0.2, 0) is 0 Å². The summed E-state index contributed by atoms with van der Waals surface area (Å²) in [5.74, 6) is -0.433. The molecule has 0 aliphatic heterocycles. The number of furan rings is 1. The molecule has 0 bridgehead atoms. The highest BCUT2D eigenvalue weighted by atomic mass is 79.9. The highest BCUT2D eigenvalue weighted by Gasteiger charge is 2.15. The van der Waals surface area contributed by atoms with Crippen molar-refractivity contribution in [3.63, 3.8) is 0 Å². The molecule has 22 heavy (non-hydrogen) atoms. The van der Waals surface area contributed by atoms with E-state index in [4.69, 9.17) is 4.42 Å². The lowest BCUT2D eigenvalue weighted by Crippen LogP contribution is -2.26. The number of benzene rings is 1. The van der Waals surface area contributed by atoms with Crippen molar-refractivity contribution in [3.8, 4) is 0 Å². The van der Waals surface area contributed by atoms with E-state index < -0.39 is 5.91 Å². The summed E-state index contributed by atoms with van der Waals surface area (Å²) in [5.41, 5.74) is 0.881. The maximum Gasteiger partial charge on any atom is 0.291 e. The van der Waals surface area contributed by atoms with Crippen molar-refractivity contribution in [1.82, 2.24) is 5.32 Å². The summed E-state index contributed by atoms with van der Waals surface area (Å²) in [6, 6.07) is 10.1. The van der Waals surface area contributed by atoms with Gasteiger partial charge in [0.05, 0.1) is 11.3 Å². The summed E-state index contributed by atoms with van der Waals surface area (Å²) in [4.78, 5) is 24.3. The Balaban J connectivity index is 2.11. The van der Waals surface area contributed by atoms with Crippen molar-refractivity contribution >= 4 is 33.4 Å². The van der Waals surface area contributed by atoms with Crippen molar-refractivity contribution in [2.45, 2.75) is 19.8 Å². The van der Waals surface area contributed by atoms with Crippen molar-refractivity contribution in [2.75, 3.05) is 11.9 Å². The summed E-state index contributed by atoms with van der Waals surface area (Å²) in [6.45, 7) is 2.67. The van der Waals surface area contributed by atoms with Gasteiger partial charge in [-0.1, -0.05) is 25.5 Å². The number of unbranched alkanes of at least 4 members (excludes halogenated alkanes) is 1. The third-order valence-electron chi connectivity index (χ3n) is 3.03. The van der Waals surface area contributed by atoms with Crippen molar-refractivity contribution < 1.29 is 14.0 Å². The normalized spacial score (nSPS) is 10.3. The van der Waals surface area contributed by atoms with Gasteiger partial charge in [-0.15, -0.1) is 0 Å². The first-order valence-electron chi connectivity index (χ1n) is 7.05. The summed E-state index contributed by atoms with van der Waals surface area (Å²) in [5, 5.41) is 5.53. The van der Waals surface area contributed by atoms with Crippen LogP contribution in [0.4, 0.5) is 5.69 Å². The zero-order valence-electron chi connectivity index (χ0n) is 12.2.